The molecule has 1 atom stereocenters. The molecule has 1 N–H and O–H groups in total. The van der Waals surface area contributed by atoms with Gasteiger partial charge in [-0.3, -0.25) is 0 Å². The third-order valence-corrected chi connectivity index (χ3v) is 3.24. The highest BCUT2D eigenvalue weighted by atomic mass is 16.5. The number of hydrogen-bond donors (Lipinski definition) is 1. The molecule has 0 aromatic heterocycles. The Morgan fingerprint density at radius 3 is 2.94 bits per heavy atom. The lowest BCUT2D eigenvalue weighted by atomic mass is 9.98. The molecule has 1 aromatic carbocycles. The van der Waals surface area contributed by atoms with Crippen molar-refractivity contribution in [2.75, 3.05) is 34.3 Å². The summed E-state index contributed by atoms with van der Waals surface area (Å²) in [4.78, 5) is 2.20. The first-order chi connectivity index (χ1) is 8.22. The normalized spacial score (nSPS) is 16.5. The van der Waals surface area contributed by atoms with E-state index in [1.165, 1.54) is 11.1 Å². The Labute approximate surface area is 104 Å². The lowest BCUT2D eigenvalue weighted by Gasteiger charge is -2.26. The molecule has 1 heterocycles. The lowest BCUT2D eigenvalue weighted by Crippen LogP contribution is -2.29. The molecule has 0 amide bonds. The van der Waals surface area contributed by atoms with Crippen molar-refractivity contribution in [2.24, 2.45) is 0 Å². The van der Waals surface area contributed by atoms with Crippen molar-refractivity contribution in [3.8, 4) is 5.75 Å². The van der Waals surface area contributed by atoms with E-state index in [1.807, 2.05) is 7.05 Å². The summed E-state index contributed by atoms with van der Waals surface area (Å²) in [6, 6.07) is 6.83. The summed E-state index contributed by atoms with van der Waals surface area (Å²) in [7, 11) is 6.21. The van der Waals surface area contributed by atoms with E-state index in [2.05, 4.69) is 42.5 Å². The van der Waals surface area contributed by atoms with Crippen LogP contribution in [0, 0.1) is 0 Å². The first kappa shape index (κ1) is 12.4. The maximum absolute atomic E-state index is 5.86. The molecule has 1 aliphatic heterocycles. The molecule has 3 heteroatoms. The van der Waals surface area contributed by atoms with Gasteiger partial charge in [-0.15, -0.1) is 0 Å². The van der Waals surface area contributed by atoms with Crippen LogP contribution >= 0.6 is 0 Å². The Hall–Kier alpha value is -1.06. The van der Waals surface area contributed by atoms with Gasteiger partial charge in [-0.05, 0) is 39.5 Å². The van der Waals surface area contributed by atoms with Crippen LogP contribution in [0.1, 0.15) is 23.6 Å². The van der Waals surface area contributed by atoms with Crippen LogP contribution in [0.5, 0.6) is 5.75 Å². The van der Waals surface area contributed by atoms with Gasteiger partial charge in [0, 0.05) is 18.2 Å². The van der Waals surface area contributed by atoms with Crippen molar-refractivity contribution >= 4 is 0 Å². The van der Waals surface area contributed by atoms with Crippen LogP contribution < -0.4 is 10.1 Å². The highest BCUT2D eigenvalue weighted by Gasteiger charge is 2.20. The van der Waals surface area contributed by atoms with Gasteiger partial charge in [-0.25, -0.2) is 0 Å². The van der Waals surface area contributed by atoms with Crippen molar-refractivity contribution in [3.05, 3.63) is 29.3 Å². The molecular formula is C14H22N2O. The molecule has 0 aliphatic carbocycles. The van der Waals surface area contributed by atoms with E-state index in [4.69, 9.17) is 4.74 Å². The second-order valence-electron chi connectivity index (χ2n) is 4.89. The molecule has 0 saturated carbocycles. The quantitative estimate of drug-likeness (QED) is 0.860. The van der Waals surface area contributed by atoms with Crippen LogP contribution in [-0.4, -0.2) is 39.2 Å². The number of ether oxygens (including phenoxy) is 1. The maximum atomic E-state index is 5.86. The molecular weight excluding hydrogens is 212 g/mol. The standard InChI is InChI=1S/C14H22N2O/c1-15-13(10-16(2)3)12-8-4-6-11-7-5-9-17-14(11)12/h4,6,8,13,15H,5,7,9-10H2,1-3H3. The Morgan fingerprint density at radius 1 is 1.41 bits per heavy atom. The van der Waals surface area contributed by atoms with Crippen molar-refractivity contribution in [1.82, 2.24) is 10.2 Å². The zero-order valence-corrected chi connectivity index (χ0v) is 11.0. The fraction of sp³-hybridized carbons (Fsp3) is 0.571. The topological polar surface area (TPSA) is 24.5 Å². The lowest BCUT2D eigenvalue weighted by molar-refractivity contribution is 0.276. The zero-order chi connectivity index (χ0) is 12.3. The molecule has 94 valence electrons. The van der Waals surface area contributed by atoms with Crippen LogP contribution in [0.2, 0.25) is 0 Å². The van der Waals surface area contributed by atoms with Gasteiger partial charge in [-0.2, -0.15) is 0 Å². The van der Waals surface area contributed by atoms with Crippen molar-refractivity contribution in [2.45, 2.75) is 18.9 Å². The number of hydrogen-bond acceptors (Lipinski definition) is 3. The van der Waals surface area contributed by atoms with Gasteiger partial charge in [-0.1, -0.05) is 18.2 Å². The number of aryl methyl sites for hydroxylation is 1. The molecule has 1 aliphatic rings. The van der Waals surface area contributed by atoms with E-state index in [1.54, 1.807) is 0 Å². The van der Waals surface area contributed by atoms with E-state index in [9.17, 15) is 0 Å². The molecule has 0 bridgehead atoms. The molecule has 0 radical (unpaired) electrons. The molecule has 0 saturated heterocycles. The number of fused-ring (bicyclic) bond motifs is 1. The van der Waals surface area contributed by atoms with Crippen LogP contribution in [-0.2, 0) is 6.42 Å². The van der Waals surface area contributed by atoms with E-state index >= 15 is 0 Å². The predicted octanol–water partition coefficient (Wildman–Crippen LogP) is 1.83. The largest absolute Gasteiger partial charge is 0.493 e. The summed E-state index contributed by atoms with van der Waals surface area (Å²) >= 11 is 0. The third-order valence-electron chi connectivity index (χ3n) is 3.24. The molecule has 17 heavy (non-hydrogen) atoms. The number of para-hydroxylation sites is 1. The second-order valence-corrected chi connectivity index (χ2v) is 4.89. The van der Waals surface area contributed by atoms with Crippen LogP contribution in [0.25, 0.3) is 0 Å². The molecule has 0 spiro atoms. The Kier molecular flexibility index (Phi) is 4.02. The fourth-order valence-electron chi connectivity index (χ4n) is 2.40. The Balaban J connectivity index is 2.29. The predicted molar refractivity (Wildman–Crippen MR) is 70.6 cm³/mol. The Bertz CT molecular complexity index is 376. The van der Waals surface area contributed by atoms with E-state index in [0.717, 1.165) is 31.7 Å². The van der Waals surface area contributed by atoms with E-state index in [-0.39, 0.29) is 0 Å². The second kappa shape index (κ2) is 5.52. The van der Waals surface area contributed by atoms with Crippen LogP contribution in [0.4, 0.5) is 0 Å². The third kappa shape index (κ3) is 2.79. The number of nitrogens with one attached hydrogen (secondary N) is 1. The minimum atomic E-state index is 0.332. The monoisotopic (exact) mass is 234 g/mol. The summed E-state index contributed by atoms with van der Waals surface area (Å²) < 4.78 is 5.86. The average molecular weight is 234 g/mol. The van der Waals surface area contributed by atoms with Gasteiger partial charge < -0.3 is 15.0 Å². The van der Waals surface area contributed by atoms with Gasteiger partial charge in [0.15, 0.2) is 0 Å². The van der Waals surface area contributed by atoms with Gasteiger partial charge >= 0.3 is 0 Å². The number of likely N-dealkylation sites (N-methyl/N-ethyl adjacent to an activating group) is 2. The summed E-state index contributed by atoms with van der Waals surface area (Å²) in [5, 5.41) is 3.38. The van der Waals surface area contributed by atoms with Gasteiger partial charge in [0.1, 0.15) is 5.75 Å². The fourth-order valence-corrected chi connectivity index (χ4v) is 2.40. The average Bonchev–Trinajstić information content (AvgIpc) is 2.35. The van der Waals surface area contributed by atoms with Crippen LogP contribution in [0.15, 0.2) is 18.2 Å². The molecule has 2 rings (SSSR count). The molecule has 3 nitrogen and oxygen atoms in total. The van der Waals surface area contributed by atoms with Crippen LogP contribution in [0.3, 0.4) is 0 Å². The van der Waals surface area contributed by atoms with Crippen molar-refractivity contribution < 1.29 is 4.74 Å². The van der Waals surface area contributed by atoms with Gasteiger partial charge in [0.25, 0.3) is 0 Å². The number of rotatable bonds is 4. The van der Waals surface area contributed by atoms with E-state index in [0.29, 0.717) is 6.04 Å². The highest BCUT2D eigenvalue weighted by Crippen LogP contribution is 2.32. The first-order valence-corrected chi connectivity index (χ1v) is 6.29. The summed E-state index contributed by atoms with van der Waals surface area (Å²) in [6.45, 7) is 1.83. The SMILES string of the molecule is CNC(CN(C)C)c1cccc2c1OCCC2. The van der Waals surface area contributed by atoms with Crippen molar-refractivity contribution in [3.63, 3.8) is 0 Å². The first-order valence-electron chi connectivity index (χ1n) is 6.29. The zero-order valence-electron chi connectivity index (χ0n) is 11.0. The summed E-state index contributed by atoms with van der Waals surface area (Å²) in [5.41, 5.74) is 2.64. The summed E-state index contributed by atoms with van der Waals surface area (Å²) in [5.74, 6) is 1.11. The minimum absolute atomic E-state index is 0.332. The van der Waals surface area contributed by atoms with Crippen molar-refractivity contribution in [1.29, 1.82) is 0 Å². The van der Waals surface area contributed by atoms with Gasteiger partial charge in [0.05, 0.1) is 6.61 Å². The number of benzene rings is 1. The van der Waals surface area contributed by atoms with E-state index < -0.39 is 0 Å². The smallest absolute Gasteiger partial charge is 0.127 e. The molecule has 1 unspecified atom stereocenters. The Morgan fingerprint density at radius 2 is 2.24 bits per heavy atom. The summed E-state index contributed by atoms with van der Waals surface area (Å²) in [6.07, 6.45) is 2.27. The highest BCUT2D eigenvalue weighted by molar-refractivity contribution is 5.44. The molecule has 1 aromatic rings. The minimum Gasteiger partial charge on any atom is -0.493 e. The number of nitrogens with zero attached hydrogens (tertiary/aromatic N) is 1. The molecule has 0 fully saturated rings. The van der Waals surface area contributed by atoms with Gasteiger partial charge in [0.2, 0.25) is 0 Å². The maximum Gasteiger partial charge on any atom is 0.127 e.